The van der Waals surface area contributed by atoms with Gasteiger partial charge in [0, 0.05) is 37.5 Å². The van der Waals surface area contributed by atoms with Gasteiger partial charge < -0.3 is 10.1 Å². The minimum Gasteiger partial charge on any atom is -0.379 e. The topological polar surface area (TPSA) is 41.6 Å². The second-order valence-corrected chi connectivity index (χ2v) is 7.88. The monoisotopic (exact) mass is 384 g/mol. The molecule has 0 aliphatic carbocycles. The summed E-state index contributed by atoms with van der Waals surface area (Å²) in [5, 5.41) is 3.07. The molecule has 1 aliphatic heterocycles. The number of amides is 1. The molecule has 0 aromatic heterocycles. The van der Waals surface area contributed by atoms with E-state index in [1.54, 1.807) is 12.1 Å². The van der Waals surface area contributed by atoms with Crippen LogP contribution in [0.2, 0.25) is 0 Å². The summed E-state index contributed by atoms with van der Waals surface area (Å²) in [6.07, 6.45) is 0.212. The van der Waals surface area contributed by atoms with E-state index in [1.807, 2.05) is 36.4 Å². The second-order valence-electron chi connectivity index (χ2n) is 7.88. The lowest BCUT2D eigenvalue weighted by molar-refractivity contribution is -0.122. The number of carbonyl (C=O) groups excluding carboxylic acids is 1. The Labute approximate surface area is 166 Å². The van der Waals surface area contributed by atoms with Crippen molar-refractivity contribution >= 4 is 5.91 Å². The van der Waals surface area contributed by atoms with Crippen LogP contribution >= 0.6 is 0 Å². The molecule has 0 unspecified atom stereocenters. The largest absolute Gasteiger partial charge is 0.379 e. The van der Waals surface area contributed by atoms with Gasteiger partial charge in [0.15, 0.2) is 0 Å². The molecule has 2 aromatic carbocycles. The van der Waals surface area contributed by atoms with Gasteiger partial charge in [-0.1, -0.05) is 48.5 Å². The molecule has 1 atom stereocenters. The molecule has 150 valence electrons. The Kier molecular flexibility index (Phi) is 6.81. The van der Waals surface area contributed by atoms with Crippen LogP contribution in [-0.4, -0.2) is 49.2 Å². The average Bonchev–Trinajstić information content (AvgIpc) is 2.72. The third-order valence-electron chi connectivity index (χ3n) is 5.46. The van der Waals surface area contributed by atoms with Crippen molar-refractivity contribution in [3.63, 3.8) is 0 Å². The molecule has 0 bridgehead atoms. The third kappa shape index (κ3) is 5.18. The molecule has 1 N–H and O–H groups in total. The molecule has 28 heavy (non-hydrogen) atoms. The lowest BCUT2D eigenvalue weighted by Crippen LogP contribution is -2.55. The summed E-state index contributed by atoms with van der Waals surface area (Å²) in [5.74, 6) is -0.662. The first-order valence-corrected chi connectivity index (χ1v) is 9.86. The zero-order valence-corrected chi connectivity index (χ0v) is 16.7. The van der Waals surface area contributed by atoms with Gasteiger partial charge in [-0.2, -0.15) is 0 Å². The molecular weight excluding hydrogens is 355 g/mol. The number of nitrogens with zero attached hydrogens (tertiary/aromatic N) is 1. The molecule has 0 spiro atoms. The summed E-state index contributed by atoms with van der Waals surface area (Å²) in [6, 6.07) is 16.4. The lowest BCUT2D eigenvalue weighted by atomic mass is 9.88. The van der Waals surface area contributed by atoms with Gasteiger partial charge in [-0.3, -0.25) is 9.69 Å². The number of morpholine rings is 1. The number of hydrogen-bond acceptors (Lipinski definition) is 3. The number of nitrogens with one attached hydrogen (secondary N) is 1. The van der Waals surface area contributed by atoms with E-state index in [2.05, 4.69) is 24.1 Å². The van der Waals surface area contributed by atoms with Crippen LogP contribution in [-0.2, 0) is 9.53 Å². The van der Waals surface area contributed by atoms with E-state index in [0.717, 1.165) is 31.9 Å². The quantitative estimate of drug-likeness (QED) is 0.793. The maximum Gasteiger partial charge on any atom is 0.221 e. The predicted molar refractivity (Wildman–Crippen MR) is 109 cm³/mol. The predicted octanol–water partition coefficient (Wildman–Crippen LogP) is 3.57. The third-order valence-corrected chi connectivity index (χ3v) is 5.46. The van der Waals surface area contributed by atoms with E-state index < -0.39 is 0 Å². The summed E-state index contributed by atoms with van der Waals surface area (Å²) < 4.78 is 19.9. The van der Waals surface area contributed by atoms with Gasteiger partial charge in [-0.15, -0.1) is 0 Å². The van der Waals surface area contributed by atoms with Gasteiger partial charge in [0.05, 0.1) is 13.2 Å². The van der Waals surface area contributed by atoms with Crippen molar-refractivity contribution in [2.75, 3.05) is 32.8 Å². The van der Waals surface area contributed by atoms with Crippen LogP contribution < -0.4 is 5.32 Å². The Morgan fingerprint density at radius 3 is 2.43 bits per heavy atom. The standard InChI is InChI=1S/C23H29FN2O2/c1-23(2,26-12-14-28-15-13-26)17-25-22(27)16-20(18-8-4-3-5-9-18)19-10-6-7-11-21(19)24/h3-11,20H,12-17H2,1-2H3,(H,25,27)/t20-/m1/s1. The van der Waals surface area contributed by atoms with E-state index in [1.165, 1.54) is 6.07 Å². The van der Waals surface area contributed by atoms with Crippen molar-refractivity contribution in [2.45, 2.75) is 31.7 Å². The fourth-order valence-electron chi connectivity index (χ4n) is 3.70. The first-order chi connectivity index (χ1) is 13.5. The fraction of sp³-hybridized carbons (Fsp3) is 0.435. The van der Waals surface area contributed by atoms with Gasteiger partial charge >= 0.3 is 0 Å². The van der Waals surface area contributed by atoms with Crippen LogP contribution in [0, 0.1) is 5.82 Å². The molecule has 2 aromatic rings. The smallest absolute Gasteiger partial charge is 0.221 e. The van der Waals surface area contributed by atoms with Crippen molar-refractivity contribution in [3.05, 3.63) is 71.5 Å². The van der Waals surface area contributed by atoms with E-state index in [0.29, 0.717) is 12.1 Å². The summed E-state index contributed by atoms with van der Waals surface area (Å²) >= 11 is 0. The molecule has 1 heterocycles. The Bertz CT molecular complexity index is 773. The highest BCUT2D eigenvalue weighted by Gasteiger charge is 2.29. The Balaban J connectivity index is 1.69. The second kappa shape index (κ2) is 9.30. The highest BCUT2D eigenvalue weighted by molar-refractivity contribution is 5.77. The van der Waals surface area contributed by atoms with Crippen molar-refractivity contribution < 1.29 is 13.9 Å². The molecular formula is C23H29FN2O2. The van der Waals surface area contributed by atoms with Crippen LogP contribution in [0.5, 0.6) is 0 Å². The van der Waals surface area contributed by atoms with E-state index >= 15 is 0 Å². The van der Waals surface area contributed by atoms with Crippen molar-refractivity contribution in [1.82, 2.24) is 10.2 Å². The molecule has 1 amide bonds. The molecule has 1 aliphatic rings. The SMILES string of the molecule is CC(C)(CNC(=O)C[C@H](c1ccccc1)c1ccccc1F)N1CCOCC1. The number of hydrogen-bond donors (Lipinski definition) is 1. The Morgan fingerprint density at radius 1 is 1.11 bits per heavy atom. The molecule has 0 saturated carbocycles. The zero-order chi connectivity index (χ0) is 20.0. The number of carbonyl (C=O) groups is 1. The highest BCUT2D eigenvalue weighted by atomic mass is 19.1. The van der Waals surface area contributed by atoms with Crippen LogP contribution in [0.1, 0.15) is 37.3 Å². The molecule has 3 rings (SSSR count). The van der Waals surface area contributed by atoms with Crippen LogP contribution in [0.3, 0.4) is 0 Å². The molecule has 1 saturated heterocycles. The Hall–Kier alpha value is -2.24. The summed E-state index contributed by atoms with van der Waals surface area (Å²) in [5.41, 5.74) is 1.34. The minimum absolute atomic E-state index is 0.0709. The average molecular weight is 384 g/mol. The summed E-state index contributed by atoms with van der Waals surface area (Å²) in [4.78, 5) is 15.1. The highest BCUT2D eigenvalue weighted by Crippen LogP contribution is 2.30. The van der Waals surface area contributed by atoms with Crippen LogP contribution in [0.15, 0.2) is 54.6 Å². The first kappa shape index (κ1) is 20.5. The minimum atomic E-state index is -0.311. The van der Waals surface area contributed by atoms with Gasteiger partial charge in [-0.05, 0) is 31.0 Å². The molecule has 0 radical (unpaired) electrons. The molecule has 4 nitrogen and oxygen atoms in total. The van der Waals surface area contributed by atoms with Crippen molar-refractivity contribution in [2.24, 2.45) is 0 Å². The maximum atomic E-state index is 14.4. The maximum absolute atomic E-state index is 14.4. The van der Waals surface area contributed by atoms with E-state index in [-0.39, 0.29) is 29.6 Å². The van der Waals surface area contributed by atoms with Gasteiger partial charge in [-0.25, -0.2) is 4.39 Å². The Morgan fingerprint density at radius 2 is 1.75 bits per heavy atom. The summed E-state index contributed by atoms with van der Waals surface area (Å²) in [7, 11) is 0. The number of ether oxygens (including phenoxy) is 1. The van der Waals surface area contributed by atoms with E-state index in [4.69, 9.17) is 4.74 Å². The van der Waals surface area contributed by atoms with Crippen molar-refractivity contribution in [1.29, 1.82) is 0 Å². The van der Waals surface area contributed by atoms with Gasteiger partial charge in [0.2, 0.25) is 5.91 Å². The van der Waals surface area contributed by atoms with Crippen molar-refractivity contribution in [3.8, 4) is 0 Å². The normalized spacial score (nSPS) is 16.5. The lowest BCUT2D eigenvalue weighted by Gasteiger charge is -2.40. The zero-order valence-electron chi connectivity index (χ0n) is 16.7. The first-order valence-electron chi connectivity index (χ1n) is 9.86. The number of halogens is 1. The molecule has 5 heteroatoms. The number of benzene rings is 2. The van der Waals surface area contributed by atoms with E-state index in [9.17, 15) is 9.18 Å². The molecule has 1 fully saturated rings. The van der Waals surface area contributed by atoms with Crippen LogP contribution in [0.4, 0.5) is 4.39 Å². The fourth-order valence-corrected chi connectivity index (χ4v) is 3.70. The van der Waals surface area contributed by atoms with Gasteiger partial charge in [0.1, 0.15) is 5.82 Å². The van der Waals surface area contributed by atoms with Crippen LogP contribution in [0.25, 0.3) is 0 Å². The summed E-state index contributed by atoms with van der Waals surface area (Å²) in [6.45, 7) is 7.98. The number of rotatable bonds is 7. The van der Waals surface area contributed by atoms with Gasteiger partial charge in [0.25, 0.3) is 0 Å².